The molecule has 0 radical (unpaired) electrons. The molecule has 0 spiro atoms. The molecule has 19 heavy (non-hydrogen) atoms. The summed E-state index contributed by atoms with van der Waals surface area (Å²) in [6.07, 6.45) is 1.16. The molecule has 2 N–H and O–H groups in total. The number of aliphatic imine (C=N–C) groups is 1. The van der Waals surface area contributed by atoms with Crippen molar-refractivity contribution in [3.05, 3.63) is 40.1 Å². The summed E-state index contributed by atoms with van der Waals surface area (Å²) in [4.78, 5) is 26.1. The van der Waals surface area contributed by atoms with Crippen LogP contribution in [-0.4, -0.2) is 28.2 Å². The Labute approximate surface area is 114 Å². The highest BCUT2D eigenvalue weighted by atomic mass is 35.5. The SMILES string of the molecule is CC(=O)C(C=Nc1cccc(C(=O)O)c1Cl)=C(C)O. The molecular formula is C13H12ClNO4. The van der Waals surface area contributed by atoms with Gasteiger partial charge in [0.25, 0.3) is 0 Å². The smallest absolute Gasteiger partial charge is 0.337 e. The minimum Gasteiger partial charge on any atom is -0.512 e. The highest BCUT2D eigenvalue weighted by molar-refractivity contribution is 6.36. The lowest BCUT2D eigenvalue weighted by Gasteiger charge is -2.02. The molecule has 0 bridgehead atoms. The van der Waals surface area contributed by atoms with Gasteiger partial charge in [-0.3, -0.25) is 9.79 Å². The van der Waals surface area contributed by atoms with E-state index in [1.807, 2.05) is 0 Å². The van der Waals surface area contributed by atoms with E-state index in [2.05, 4.69) is 4.99 Å². The van der Waals surface area contributed by atoms with Crippen molar-refractivity contribution in [2.75, 3.05) is 0 Å². The summed E-state index contributed by atoms with van der Waals surface area (Å²) in [5.41, 5.74) is 0.170. The van der Waals surface area contributed by atoms with E-state index in [0.29, 0.717) is 0 Å². The molecule has 1 rings (SSSR count). The van der Waals surface area contributed by atoms with Gasteiger partial charge < -0.3 is 10.2 Å². The lowest BCUT2D eigenvalue weighted by atomic mass is 10.1. The van der Waals surface area contributed by atoms with Crippen LogP contribution >= 0.6 is 11.6 Å². The summed E-state index contributed by atoms with van der Waals surface area (Å²) >= 11 is 5.89. The number of hydrogen-bond donors (Lipinski definition) is 2. The molecular weight excluding hydrogens is 270 g/mol. The van der Waals surface area contributed by atoms with E-state index in [1.54, 1.807) is 0 Å². The number of halogens is 1. The van der Waals surface area contributed by atoms with E-state index in [-0.39, 0.29) is 33.4 Å². The first-order chi connectivity index (χ1) is 8.84. The third kappa shape index (κ3) is 3.66. The summed E-state index contributed by atoms with van der Waals surface area (Å²) in [6.45, 7) is 2.65. The van der Waals surface area contributed by atoms with Crippen molar-refractivity contribution in [1.82, 2.24) is 0 Å². The summed E-state index contributed by atoms with van der Waals surface area (Å²) in [6, 6.07) is 4.35. The fourth-order valence-corrected chi connectivity index (χ4v) is 1.61. The standard InChI is InChI=1S/C13H12ClNO4/c1-7(16)10(8(2)17)6-15-11-5-3-4-9(12(11)14)13(18)19/h3-6,16H,1-2H3,(H,18,19). The number of aliphatic hydroxyl groups is 1. The van der Waals surface area contributed by atoms with Gasteiger partial charge in [-0.15, -0.1) is 0 Å². The Kier molecular flexibility index (Phi) is 4.83. The molecule has 0 aliphatic carbocycles. The fourth-order valence-electron chi connectivity index (χ4n) is 1.36. The van der Waals surface area contributed by atoms with Crippen molar-refractivity contribution < 1.29 is 19.8 Å². The number of carboxylic acid groups (broad SMARTS) is 1. The minimum absolute atomic E-state index is 0.0234. The highest BCUT2D eigenvalue weighted by Gasteiger charge is 2.12. The quantitative estimate of drug-likeness (QED) is 0.504. The van der Waals surface area contributed by atoms with Crippen LogP contribution in [0.3, 0.4) is 0 Å². The van der Waals surface area contributed by atoms with E-state index < -0.39 is 5.97 Å². The van der Waals surface area contributed by atoms with Gasteiger partial charge in [-0.05, 0) is 26.0 Å². The number of benzene rings is 1. The van der Waals surface area contributed by atoms with Crippen LogP contribution in [0.2, 0.25) is 5.02 Å². The summed E-state index contributed by atoms with van der Waals surface area (Å²) in [5.74, 6) is -1.68. The molecule has 0 saturated carbocycles. The number of carbonyl (C=O) groups excluding carboxylic acids is 1. The second-order valence-electron chi connectivity index (χ2n) is 3.76. The van der Waals surface area contributed by atoms with Gasteiger partial charge >= 0.3 is 5.97 Å². The van der Waals surface area contributed by atoms with Crippen molar-refractivity contribution in [3.63, 3.8) is 0 Å². The Balaban J connectivity index is 3.20. The maximum Gasteiger partial charge on any atom is 0.337 e. The molecule has 0 unspecified atom stereocenters. The molecule has 100 valence electrons. The summed E-state index contributed by atoms with van der Waals surface area (Å²) < 4.78 is 0. The fraction of sp³-hybridized carbons (Fsp3) is 0.154. The average molecular weight is 282 g/mol. The van der Waals surface area contributed by atoms with Gasteiger partial charge in [-0.25, -0.2) is 4.79 Å². The second kappa shape index (κ2) is 6.15. The molecule has 0 aliphatic rings. The molecule has 0 aliphatic heterocycles. The van der Waals surface area contributed by atoms with E-state index in [4.69, 9.17) is 16.7 Å². The Morgan fingerprint density at radius 1 is 1.26 bits per heavy atom. The molecule has 1 aromatic carbocycles. The van der Waals surface area contributed by atoms with Gasteiger partial charge in [0.15, 0.2) is 5.78 Å². The van der Waals surface area contributed by atoms with Crippen molar-refractivity contribution >= 4 is 35.3 Å². The first kappa shape index (κ1) is 14.9. The Morgan fingerprint density at radius 2 is 1.89 bits per heavy atom. The first-order valence-electron chi connectivity index (χ1n) is 5.31. The highest BCUT2D eigenvalue weighted by Crippen LogP contribution is 2.28. The first-order valence-corrected chi connectivity index (χ1v) is 5.69. The number of carboxylic acids is 1. The van der Waals surface area contributed by atoms with Gasteiger partial charge in [0.1, 0.15) is 5.76 Å². The monoisotopic (exact) mass is 281 g/mol. The number of nitrogens with zero attached hydrogens (tertiary/aromatic N) is 1. The Hall–Kier alpha value is -2.14. The molecule has 0 amide bonds. The van der Waals surface area contributed by atoms with Crippen molar-refractivity contribution in [2.24, 2.45) is 4.99 Å². The number of aliphatic hydroxyl groups excluding tert-OH is 1. The van der Waals surface area contributed by atoms with E-state index in [9.17, 15) is 14.7 Å². The number of aromatic carboxylic acids is 1. The molecule has 0 saturated heterocycles. The van der Waals surface area contributed by atoms with Crippen LogP contribution in [-0.2, 0) is 4.79 Å². The number of ketones is 1. The zero-order valence-corrected chi connectivity index (χ0v) is 11.1. The molecule has 6 heteroatoms. The van der Waals surface area contributed by atoms with Crippen molar-refractivity contribution in [2.45, 2.75) is 13.8 Å². The molecule has 5 nitrogen and oxygen atoms in total. The Morgan fingerprint density at radius 3 is 2.37 bits per heavy atom. The second-order valence-corrected chi connectivity index (χ2v) is 4.14. The minimum atomic E-state index is -1.16. The predicted molar refractivity (Wildman–Crippen MR) is 72.6 cm³/mol. The number of hydrogen-bond acceptors (Lipinski definition) is 4. The topological polar surface area (TPSA) is 87.0 Å². The number of rotatable bonds is 4. The zero-order valence-electron chi connectivity index (χ0n) is 10.3. The van der Waals surface area contributed by atoms with E-state index in [1.165, 1.54) is 32.0 Å². The van der Waals surface area contributed by atoms with Gasteiger partial charge in [0, 0.05) is 6.21 Å². The van der Waals surface area contributed by atoms with Crippen LogP contribution in [0.25, 0.3) is 0 Å². The summed E-state index contributed by atoms with van der Waals surface area (Å²) in [7, 11) is 0. The maximum atomic E-state index is 11.2. The van der Waals surface area contributed by atoms with Gasteiger partial charge in [-0.2, -0.15) is 0 Å². The van der Waals surface area contributed by atoms with Crippen LogP contribution in [0.1, 0.15) is 24.2 Å². The van der Waals surface area contributed by atoms with E-state index >= 15 is 0 Å². The number of carbonyl (C=O) groups is 2. The summed E-state index contributed by atoms with van der Waals surface area (Å²) in [5, 5.41) is 18.2. The maximum absolute atomic E-state index is 11.2. The normalized spacial score (nSPS) is 12.4. The average Bonchev–Trinajstić information content (AvgIpc) is 2.30. The molecule has 0 atom stereocenters. The van der Waals surface area contributed by atoms with Crippen LogP contribution < -0.4 is 0 Å². The van der Waals surface area contributed by atoms with Crippen LogP contribution in [0.5, 0.6) is 0 Å². The molecule has 0 fully saturated rings. The lowest BCUT2D eigenvalue weighted by molar-refractivity contribution is -0.113. The third-order valence-electron chi connectivity index (χ3n) is 2.31. The van der Waals surface area contributed by atoms with Crippen LogP contribution in [0.4, 0.5) is 5.69 Å². The van der Waals surface area contributed by atoms with Gasteiger partial charge in [-0.1, -0.05) is 17.7 Å². The number of allylic oxidation sites excluding steroid dienone is 2. The van der Waals surface area contributed by atoms with Gasteiger partial charge in [0.2, 0.25) is 0 Å². The largest absolute Gasteiger partial charge is 0.512 e. The van der Waals surface area contributed by atoms with Gasteiger partial charge in [0.05, 0.1) is 21.8 Å². The molecule has 0 heterocycles. The molecule has 0 aromatic heterocycles. The lowest BCUT2D eigenvalue weighted by Crippen LogP contribution is -2.01. The van der Waals surface area contributed by atoms with Crippen molar-refractivity contribution in [3.8, 4) is 0 Å². The number of Topliss-reactive ketones (excluding diaryl/α,β-unsaturated/α-hetero) is 1. The molecule has 1 aromatic rings. The van der Waals surface area contributed by atoms with Crippen LogP contribution in [0, 0.1) is 0 Å². The third-order valence-corrected chi connectivity index (χ3v) is 2.71. The Bertz CT molecular complexity index is 586. The van der Waals surface area contributed by atoms with Crippen LogP contribution in [0.15, 0.2) is 34.5 Å². The van der Waals surface area contributed by atoms with Crippen molar-refractivity contribution in [1.29, 1.82) is 0 Å². The predicted octanol–water partition coefficient (Wildman–Crippen LogP) is 3.16. The zero-order chi connectivity index (χ0) is 14.6. The van der Waals surface area contributed by atoms with E-state index in [0.717, 1.165) is 6.21 Å².